The number of esters is 1. The van der Waals surface area contributed by atoms with Gasteiger partial charge in [0.2, 0.25) is 0 Å². The lowest BCUT2D eigenvalue weighted by molar-refractivity contribution is -0.140. The van der Waals surface area contributed by atoms with Crippen LogP contribution >= 0.6 is 11.8 Å². The fourth-order valence-corrected chi connectivity index (χ4v) is 8.82. The molecule has 0 bridgehead atoms. The van der Waals surface area contributed by atoms with Crippen molar-refractivity contribution >= 4 is 40.1 Å². The van der Waals surface area contributed by atoms with Gasteiger partial charge in [0.05, 0.1) is 37.9 Å². The Morgan fingerprint density at radius 1 is 1.04 bits per heavy atom. The van der Waals surface area contributed by atoms with Crippen LogP contribution in [-0.4, -0.2) is 77.5 Å². The lowest BCUT2D eigenvalue weighted by Crippen LogP contribution is -2.45. The first-order chi connectivity index (χ1) is 21.2. The molecule has 46 heavy (non-hydrogen) atoms. The van der Waals surface area contributed by atoms with Crippen molar-refractivity contribution in [1.29, 1.82) is 0 Å². The highest BCUT2D eigenvalue weighted by Gasteiger charge is 2.49. The molecule has 0 aromatic heterocycles. The number of carbonyl (C=O) groups excluding carboxylic acids is 2. The van der Waals surface area contributed by atoms with Crippen LogP contribution in [0.4, 0.5) is 0 Å². The van der Waals surface area contributed by atoms with Crippen LogP contribution in [0.3, 0.4) is 0 Å². The molecule has 0 amide bonds. The van der Waals surface area contributed by atoms with Crippen LogP contribution in [0.5, 0.6) is 0 Å². The minimum absolute atomic E-state index is 0.0162. The summed E-state index contributed by atoms with van der Waals surface area (Å²) in [6, 6.07) is 8.43. The molecule has 0 spiro atoms. The summed E-state index contributed by atoms with van der Waals surface area (Å²) in [7, 11) is -1.26. The van der Waals surface area contributed by atoms with Crippen molar-refractivity contribution in [2.75, 3.05) is 25.7 Å². The first kappa shape index (κ1) is 40.9. The first-order valence-corrected chi connectivity index (χ1v) is 23.7. The summed E-state index contributed by atoms with van der Waals surface area (Å²) in [5.41, 5.74) is 2.28. The van der Waals surface area contributed by atoms with Crippen LogP contribution < -0.4 is 0 Å². The third-order valence-corrected chi connectivity index (χ3v) is 20.2. The number of Topliss-reactive ketones (excluding diaryl/α,β-unsaturated/α-hetero) is 1. The molecular weight excluding hydrogens is 633 g/mol. The molecule has 2 unspecified atom stereocenters. The normalized spacial score (nSPS) is 21.2. The van der Waals surface area contributed by atoms with Gasteiger partial charge in [-0.3, -0.25) is 9.59 Å². The Kier molecular flexibility index (Phi) is 15.5. The predicted molar refractivity (Wildman–Crippen MR) is 195 cm³/mol. The second-order valence-corrected chi connectivity index (χ2v) is 26.4. The van der Waals surface area contributed by atoms with Gasteiger partial charge in [0, 0.05) is 38.0 Å². The summed E-state index contributed by atoms with van der Waals surface area (Å²) in [6.07, 6.45) is 4.94. The molecule has 1 aliphatic carbocycles. The van der Waals surface area contributed by atoms with E-state index in [1.165, 1.54) is 12.7 Å². The summed E-state index contributed by atoms with van der Waals surface area (Å²) < 4.78 is 24.0. The van der Waals surface area contributed by atoms with Crippen molar-refractivity contribution in [2.45, 2.75) is 128 Å². The van der Waals surface area contributed by atoms with Gasteiger partial charge in [-0.05, 0) is 59.6 Å². The molecule has 0 aliphatic heterocycles. The standard InChI is InChI=1S/C36H62O7SSi2/c1-35(2,3)45(9,10)42-28(22-26-15-13-16-27(21-26)24-40-7)18-19-29-32(43-46(11,12)36(4,5)6)23-30(37)34(29)31(38)25-44-20-14-17-33(39)41-8/h13,15-16,18-19,21,28-29,31-32,34,38H,14,17,20,22-25H2,1-12H3/t28-,29+,31?,32-,34?/m1/s1. The number of ketones is 1. The van der Waals surface area contributed by atoms with Gasteiger partial charge in [-0.25, -0.2) is 0 Å². The van der Waals surface area contributed by atoms with E-state index in [-0.39, 0.29) is 40.0 Å². The number of aliphatic hydroxyl groups is 1. The number of methoxy groups -OCH3 is 2. The summed E-state index contributed by atoms with van der Waals surface area (Å²) in [5.74, 6) is 0.126. The van der Waals surface area contributed by atoms with E-state index in [0.29, 0.717) is 43.8 Å². The van der Waals surface area contributed by atoms with Gasteiger partial charge < -0.3 is 23.4 Å². The van der Waals surface area contributed by atoms with E-state index in [1.54, 1.807) is 18.9 Å². The van der Waals surface area contributed by atoms with Crippen LogP contribution in [-0.2, 0) is 40.9 Å². The van der Waals surface area contributed by atoms with E-state index in [4.69, 9.17) is 18.3 Å². The van der Waals surface area contributed by atoms with Crippen molar-refractivity contribution in [3.05, 3.63) is 47.5 Å². The van der Waals surface area contributed by atoms with Crippen molar-refractivity contribution in [3.63, 3.8) is 0 Å². The molecule has 2 rings (SSSR count). The highest BCUT2D eigenvalue weighted by molar-refractivity contribution is 7.99. The number of ether oxygens (including phenoxy) is 2. The third-order valence-electron chi connectivity index (χ3n) is 10.0. The summed E-state index contributed by atoms with van der Waals surface area (Å²) >= 11 is 1.57. The molecule has 7 nitrogen and oxygen atoms in total. The Balaban J connectivity index is 2.43. The van der Waals surface area contributed by atoms with Gasteiger partial charge >= 0.3 is 5.97 Å². The largest absolute Gasteiger partial charge is 0.469 e. The van der Waals surface area contributed by atoms with Crippen LogP contribution in [0.25, 0.3) is 0 Å². The van der Waals surface area contributed by atoms with Crippen molar-refractivity contribution < 1.29 is 33.0 Å². The van der Waals surface area contributed by atoms with Gasteiger partial charge in [-0.2, -0.15) is 11.8 Å². The number of carbonyl (C=O) groups is 2. The molecule has 0 radical (unpaired) electrons. The number of thioether (sulfide) groups is 1. The van der Waals surface area contributed by atoms with Crippen molar-refractivity contribution in [1.82, 2.24) is 0 Å². The Morgan fingerprint density at radius 2 is 1.67 bits per heavy atom. The maximum absolute atomic E-state index is 13.6. The average molecular weight is 695 g/mol. The summed E-state index contributed by atoms with van der Waals surface area (Å²) in [6.45, 7) is 22.9. The summed E-state index contributed by atoms with van der Waals surface area (Å²) in [5, 5.41) is 11.5. The van der Waals surface area contributed by atoms with Gasteiger partial charge in [0.25, 0.3) is 0 Å². The number of rotatable bonds is 17. The fraction of sp³-hybridized carbons (Fsp3) is 0.722. The maximum Gasteiger partial charge on any atom is 0.305 e. The van der Waals surface area contributed by atoms with E-state index in [0.717, 1.165) is 5.56 Å². The fourth-order valence-electron chi connectivity index (χ4n) is 5.24. The van der Waals surface area contributed by atoms with Gasteiger partial charge in [0.15, 0.2) is 16.6 Å². The Bertz CT molecular complexity index is 1160. The van der Waals surface area contributed by atoms with Crippen LogP contribution in [0, 0.1) is 11.8 Å². The smallest absolute Gasteiger partial charge is 0.305 e. The third kappa shape index (κ3) is 12.0. The molecule has 1 fully saturated rings. The minimum Gasteiger partial charge on any atom is -0.469 e. The Hall–Kier alpha value is -1.28. The first-order valence-electron chi connectivity index (χ1n) is 16.7. The lowest BCUT2D eigenvalue weighted by atomic mass is 9.89. The second-order valence-electron chi connectivity index (χ2n) is 15.8. The monoisotopic (exact) mass is 694 g/mol. The Morgan fingerprint density at radius 3 is 2.26 bits per heavy atom. The highest BCUT2D eigenvalue weighted by Crippen LogP contribution is 2.43. The van der Waals surface area contributed by atoms with E-state index in [9.17, 15) is 14.7 Å². The molecular formula is C36H62O7SSi2. The van der Waals surface area contributed by atoms with E-state index in [1.807, 2.05) is 0 Å². The zero-order chi connectivity index (χ0) is 34.9. The zero-order valence-electron chi connectivity index (χ0n) is 30.6. The van der Waals surface area contributed by atoms with E-state index in [2.05, 4.69) is 104 Å². The SMILES string of the molecule is COCc1cccc(C[C@@H](C=C[C@@H]2C(C(O)CSCCCC(=O)OC)C(=O)C[C@H]2O[Si](C)(C)C(C)(C)C)O[Si](C)(C)C(C)(C)C)c1. The van der Waals surface area contributed by atoms with Crippen LogP contribution in [0.15, 0.2) is 36.4 Å². The minimum atomic E-state index is -2.20. The summed E-state index contributed by atoms with van der Waals surface area (Å²) in [4.78, 5) is 25.1. The quantitative estimate of drug-likeness (QED) is 0.0760. The van der Waals surface area contributed by atoms with Crippen molar-refractivity contribution in [2.24, 2.45) is 11.8 Å². The molecule has 0 heterocycles. The molecule has 10 heteroatoms. The van der Waals surface area contributed by atoms with E-state index < -0.39 is 28.7 Å². The zero-order valence-corrected chi connectivity index (χ0v) is 33.4. The molecule has 1 N–H and O–H groups in total. The van der Waals surface area contributed by atoms with Gasteiger partial charge in [-0.1, -0.05) is 78.0 Å². The van der Waals surface area contributed by atoms with Gasteiger partial charge in [-0.15, -0.1) is 0 Å². The molecule has 262 valence electrons. The van der Waals surface area contributed by atoms with Crippen molar-refractivity contribution in [3.8, 4) is 0 Å². The predicted octanol–water partition coefficient (Wildman–Crippen LogP) is 7.97. The van der Waals surface area contributed by atoms with E-state index >= 15 is 0 Å². The Labute approximate surface area is 285 Å². The number of hydrogen-bond acceptors (Lipinski definition) is 8. The topological polar surface area (TPSA) is 91.3 Å². The number of hydrogen-bond donors (Lipinski definition) is 1. The molecule has 1 aromatic rings. The van der Waals surface area contributed by atoms with Crippen LogP contribution in [0.2, 0.25) is 36.3 Å². The highest BCUT2D eigenvalue weighted by atomic mass is 32.2. The molecule has 1 saturated carbocycles. The second kappa shape index (κ2) is 17.4. The van der Waals surface area contributed by atoms with Gasteiger partial charge in [0.1, 0.15) is 5.78 Å². The molecule has 1 aliphatic rings. The molecule has 1 aromatic carbocycles. The van der Waals surface area contributed by atoms with Crippen LogP contribution in [0.1, 0.15) is 71.9 Å². The molecule has 5 atom stereocenters. The number of benzene rings is 1. The average Bonchev–Trinajstić information content (AvgIpc) is 3.23. The lowest BCUT2D eigenvalue weighted by Gasteiger charge is -2.40. The number of aliphatic hydroxyl groups excluding tert-OH is 1. The maximum atomic E-state index is 13.6. The molecule has 0 saturated heterocycles.